The molecule has 0 saturated carbocycles. The van der Waals surface area contributed by atoms with Crippen molar-refractivity contribution in [3.63, 3.8) is 0 Å². The molecule has 0 N–H and O–H groups in total. The second-order valence-corrected chi connectivity index (χ2v) is 14.5. The van der Waals surface area contributed by atoms with E-state index < -0.39 is 0 Å². The molecule has 0 radical (unpaired) electrons. The predicted molar refractivity (Wildman–Crippen MR) is 233 cm³/mol. The first-order valence-electron chi connectivity index (χ1n) is 19.2. The second-order valence-electron chi connectivity index (χ2n) is 14.5. The molecule has 5 heteroatoms. The zero-order chi connectivity index (χ0) is 37.9. The first-order chi connectivity index (χ1) is 28.2. The molecule has 0 aliphatic carbocycles. The Morgan fingerprint density at radius 1 is 0.386 bits per heavy atom. The standard InChI is InChI=1S/C52H34N4O/c1-33-23-25-34(26-24-33)37-27-29-41-40-17-8-10-20-44(40)56(46(41)32-37)45-30-28-38(39-19-12-22-48-49(39)42-18-9-11-21-47(42)57-48)31-43(45)52-54-50(35-13-4-2-5-14-35)53-51(55-52)36-15-6-3-7-16-36/h2-32H,1H3. The van der Waals surface area contributed by atoms with Crippen LogP contribution in [0.4, 0.5) is 0 Å². The number of para-hydroxylation sites is 2. The quantitative estimate of drug-likeness (QED) is 0.171. The first kappa shape index (κ1) is 32.8. The number of furan rings is 1. The van der Waals surface area contributed by atoms with Crippen molar-refractivity contribution in [3.8, 4) is 62.1 Å². The molecule has 0 saturated heterocycles. The summed E-state index contributed by atoms with van der Waals surface area (Å²) in [4.78, 5) is 15.6. The van der Waals surface area contributed by atoms with Crippen molar-refractivity contribution in [1.29, 1.82) is 0 Å². The van der Waals surface area contributed by atoms with Crippen molar-refractivity contribution < 1.29 is 4.42 Å². The highest BCUT2D eigenvalue weighted by atomic mass is 16.3. The first-order valence-corrected chi connectivity index (χ1v) is 19.2. The van der Waals surface area contributed by atoms with Crippen molar-refractivity contribution in [2.75, 3.05) is 0 Å². The Bertz CT molecular complexity index is 3230. The molecule has 3 heterocycles. The molecule has 268 valence electrons. The number of hydrogen-bond donors (Lipinski definition) is 0. The minimum Gasteiger partial charge on any atom is -0.456 e. The molecule has 0 aliphatic heterocycles. The van der Waals surface area contributed by atoms with Crippen LogP contribution in [0.15, 0.2) is 192 Å². The molecular weight excluding hydrogens is 697 g/mol. The summed E-state index contributed by atoms with van der Waals surface area (Å²) >= 11 is 0. The summed E-state index contributed by atoms with van der Waals surface area (Å²) in [7, 11) is 0. The van der Waals surface area contributed by atoms with Crippen LogP contribution in [0.2, 0.25) is 0 Å². The molecule has 0 amide bonds. The predicted octanol–water partition coefficient (Wildman–Crippen LogP) is 13.5. The van der Waals surface area contributed by atoms with E-state index in [-0.39, 0.29) is 0 Å². The summed E-state index contributed by atoms with van der Waals surface area (Å²) in [5.74, 6) is 1.81. The van der Waals surface area contributed by atoms with Gasteiger partial charge < -0.3 is 8.98 Å². The van der Waals surface area contributed by atoms with E-state index >= 15 is 0 Å². The van der Waals surface area contributed by atoms with Gasteiger partial charge in [0.2, 0.25) is 0 Å². The summed E-state index contributed by atoms with van der Waals surface area (Å²) in [6.07, 6.45) is 0. The maximum Gasteiger partial charge on any atom is 0.166 e. The maximum absolute atomic E-state index is 6.36. The van der Waals surface area contributed by atoms with Crippen LogP contribution >= 0.6 is 0 Å². The van der Waals surface area contributed by atoms with Crippen molar-refractivity contribution in [3.05, 3.63) is 194 Å². The van der Waals surface area contributed by atoms with Gasteiger partial charge in [-0.2, -0.15) is 0 Å². The summed E-state index contributed by atoms with van der Waals surface area (Å²) in [5.41, 5.74) is 13.3. The minimum absolute atomic E-state index is 0.587. The van der Waals surface area contributed by atoms with Gasteiger partial charge in [0, 0.05) is 38.2 Å². The van der Waals surface area contributed by atoms with Crippen LogP contribution in [-0.2, 0) is 0 Å². The van der Waals surface area contributed by atoms with Gasteiger partial charge >= 0.3 is 0 Å². The van der Waals surface area contributed by atoms with E-state index in [1.54, 1.807) is 0 Å². The van der Waals surface area contributed by atoms with Gasteiger partial charge in [-0.1, -0.05) is 157 Å². The maximum atomic E-state index is 6.36. The Labute approximate surface area is 329 Å². The number of hydrogen-bond acceptors (Lipinski definition) is 4. The van der Waals surface area contributed by atoms with Gasteiger partial charge in [0.15, 0.2) is 17.5 Å². The molecule has 0 fully saturated rings. The van der Waals surface area contributed by atoms with Crippen LogP contribution in [0, 0.1) is 6.92 Å². The average molecular weight is 731 g/mol. The topological polar surface area (TPSA) is 56.7 Å². The highest BCUT2D eigenvalue weighted by Gasteiger charge is 2.22. The lowest BCUT2D eigenvalue weighted by Crippen LogP contribution is -2.04. The molecule has 0 aliphatic rings. The summed E-state index contributed by atoms with van der Waals surface area (Å²) in [6.45, 7) is 2.12. The smallest absolute Gasteiger partial charge is 0.166 e. The Hall–Kier alpha value is -7.63. The number of benzene rings is 8. The van der Waals surface area contributed by atoms with Crippen molar-refractivity contribution in [2.45, 2.75) is 6.92 Å². The van der Waals surface area contributed by atoms with E-state index in [2.05, 4.69) is 145 Å². The highest BCUT2D eigenvalue weighted by Crippen LogP contribution is 2.42. The van der Waals surface area contributed by atoms with Gasteiger partial charge in [0.1, 0.15) is 11.2 Å². The molecule has 8 aromatic carbocycles. The van der Waals surface area contributed by atoms with Crippen LogP contribution in [0.1, 0.15) is 5.56 Å². The Balaban J connectivity index is 1.23. The second kappa shape index (κ2) is 13.3. The van der Waals surface area contributed by atoms with Gasteiger partial charge in [-0.3, -0.25) is 0 Å². The highest BCUT2D eigenvalue weighted by molar-refractivity contribution is 6.13. The lowest BCUT2D eigenvalue weighted by atomic mass is 9.96. The van der Waals surface area contributed by atoms with Crippen LogP contribution < -0.4 is 0 Å². The average Bonchev–Trinajstić information content (AvgIpc) is 3.82. The van der Waals surface area contributed by atoms with Crippen LogP contribution in [0.3, 0.4) is 0 Å². The van der Waals surface area contributed by atoms with Gasteiger partial charge in [-0.05, 0) is 65.6 Å². The normalized spacial score (nSPS) is 11.6. The summed E-state index contributed by atoms with van der Waals surface area (Å²) < 4.78 is 8.73. The molecule has 0 atom stereocenters. The number of rotatable bonds is 6. The Morgan fingerprint density at radius 3 is 1.74 bits per heavy atom. The van der Waals surface area contributed by atoms with E-state index in [1.807, 2.05) is 54.6 Å². The lowest BCUT2D eigenvalue weighted by Gasteiger charge is -2.17. The van der Waals surface area contributed by atoms with Crippen molar-refractivity contribution >= 4 is 43.7 Å². The molecule has 11 rings (SSSR count). The minimum atomic E-state index is 0.587. The fourth-order valence-electron chi connectivity index (χ4n) is 8.18. The number of aryl methyl sites for hydroxylation is 1. The number of fused-ring (bicyclic) bond motifs is 6. The number of aromatic nitrogens is 4. The van der Waals surface area contributed by atoms with Crippen LogP contribution in [0.25, 0.3) is 106 Å². The van der Waals surface area contributed by atoms with E-state index in [1.165, 1.54) is 21.9 Å². The van der Waals surface area contributed by atoms with Gasteiger partial charge in [-0.25, -0.2) is 15.0 Å². The van der Waals surface area contributed by atoms with Gasteiger partial charge in [0.05, 0.1) is 16.7 Å². The largest absolute Gasteiger partial charge is 0.456 e. The zero-order valence-electron chi connectivity index (χ0n) is 31.1. The summed E-state index contributed by atoms with van der Waals surface area (Å²) in [5, 5.41) is 4.52. The molecule has 0 spiro atoms. The molecule has 0 unspecified atom stereocenters. The fourth-order valence-corrected chi connectivity index (χ4v) is 8.18. The number of nitrogens with zero attached hydrogens (tertiary/aromatic N) is 4. The van der Waals surface area contributed by atoms with E-state index in [4.69, 9.17) is 19.4 Å². The third-order valence-corrected chi connectivity index (χ3v) is 10.9. The van der Waals surface area contributed by atoms with E-state index in [9.17, 15) is 0 Å². The molecule has 11 aromatic rings. The van der Waals surface area contributed by atoms with Crippen molar-refractivity contribution in [2.24, 2.45) is 0 Å². The van der Waals surface area contributed by atoms with Crippen LogP contribution in [-0.4, -0.2) is 19.5 Å². The molecule has 57 heavy (non-hydrogen) atoms. The third-order valence-electron chi connectivity index (χ3n) is 10.9. The molecule has 5 nitrogen and oxygen atoms in total. The summed E-state index contributed by atoms with van der Waals surface area (Å²) in [6, 6.07) is 65.7. The Kier molecular flexibility index (Phi) is 7.64. The van der Waals surface area contributed by atoms with Crippen molar-refractivity contribution in [1.82, 2.24) is 19.5 Å². The van der Waals surface area contributed by atoms with Gasteiger partial charge in [0.25, 0.3) is 0 Å². The Morgan fingerprint density at radius 2 is 0.982 bits per heavy atom. The lowest BCUT2D eigenvalue weighted by molar-refractivity contribution is 0.669. The van der Waals surface area contributed by atoms with Crippen LogP contribution in [0.5, 0.6) is 0 Å². The molecule has 3 aromatic heterocycles. The SMILES string of the molecule is Cc1ccc(-c2ccc3c4ccccc4n(-c4ccc(-c5cccc6oc7ccccc7c56)cc4-c4nc(-c5ccccc5)nc(-c5ccccc5)n4)c3c2)cc1. The molecule has 0 bridgehead atoms. The zero-order valence-corrected chi connectivity index (χ0v) is 31.1. The molecular formula is C52H34N4O. The monoisotopic (exact) mass is 730 g/mol. The fraction of sp³-hybridized carbons (Fsp3) is 0.0192. The third kappa shape index (κ3) is 5.59. The van der Waals surface area contributed by atoms with E-state index in [0.717, 1.165) is 72.0 Å². The van der Waals surface area contributed by atoms with E-state index in [0.29, 0.717) is 17.5 Å². The van der Waals surface area contributed by atoms with Gasteiger partial charge in [-0.15, -0.1) is 0 Å².